The molecule has 2 heterocycles. The maximum absolute atomic E-state index is 13.0. The predicted molar refractivity (Wildman–Crippen MR) is 83.0 cm³/mol. The van der Waals surface area contributed by atoms with E-state index >= 15 is 0 Å². The van der Waals surface area contributed by atoms with Crippen molar-refractivity contribution in [1.29, 1.82) is 0 Å². The van der Waals surface area contributed by atoms with Crippen molar-refractivity contribution in [2.24, 2.45) is 7.05 Å². The van der Waals surface area contributed by atoms with Crippen molar-refractivity contribution in [2.75, 3.05) is 19.8 Å². The van der Waals surface area contributed by atoms with E-state index in [0.29, 0.717) is 12.5 Å². The van der Waals surface area contributed by atoms with Gasteiger partial charge in [-0.2, -0.15) is 5.10 Å². The van der Waals surface area contributed by atoms with Gasteiger partial charge < -0.3 is 4.74 Å². The third kappa shape index (κ3) is 3.20. The minimum Gasteiger partial charge on any atom is -0.381 e. The second kappa shape index (κ2) is 6.58. The molecule has 2 aromatic rings. The first-order valence-corrected chi connectivity index (χ1v) is 7.72. The first-order valence-electron chi connectivity index (χ1n) is 7.72. The normalized spacial score (nSPS) is 18.4. The largest absolute Gasteiger partial charge is 0.381 e. The fourth-order valence-corrected chi connectivity index (χ4v) is 3.20. The van der Waals surface area contributed by atoms with Crippen LogP contribution in [0.2, 0.25) is 0 Å². The molecule has 3 rings (SSSR count). The third-order valence-electron chi connectivity index (χ3n) is 4.17. The van der Waals surface area contributed by atoms with Crippen LogP contribution in [0.3, 0.4) is 0 Å². The van der Waals surface area contributed by atoms with E-state index in [9.17, 15) is 4.39 Å². The highest BCUT2D eigenvalue weighted by atomic mass is 19.1. The Balaban J connectivity index is 1.76. The molecule has 1 aliphatic rings. The standard InChI is InChI=1S/C17H22FN3O/c1-3-22-12-15-11-21(9-13-4-6-16(18)7-5-13)10-14-8-19-20(2)17(14)15/h4-8,15H,3,9-12H2,1-2H3. The van der Waals surface area contributed by atoms with E-state index in [1.807, 2.05) is 37.0 Å². The van der Waals surface area contributed by atoms with Crippen LogP contribution in [0.25, 0.3) is 0 Å². The molecule has 0 amide bonds. The maximum Gasteiger partial charge on any atom is 0.123 e. The molecular formula is C17H22FN3O. The Morgan fingerprint density at radius 2 is 2.09 bits per heavy atom. The van der Waals surface area contributed by atoms with E-state index in [2.05, 4.69) is 10.00 Å². The van der Waals surface area contributed by atoms with Crippen molar-refractivity contribution in [2.45, 2.75) is 25.9 Å². The number of hydrogen-bond acceptors (Lipinski definition) is 3. The van der Waals surface area contributed by atoms with E-state index in [4.69, 9.17) is 4.74 Å². The lowest BCUT2D eigenvalue weighted by Crippen LogP contribution is -2.35. The zero-order valence-electron chi connectivity index (χ0n) is 13.1. The molecule has 1 aromatic carbocycles. The van der Waals surface area contributed by atoms with Crippen LogP contribution in [-0.2, 0) is 24.9 Å². The Morgan fingerprint density at radius 3 is 2.82 bits per heavy atom. The molecule has 4 nitrogen and oxygen atoms in total. The lowest BCUT2D eigenvalue weighted by Gasteiger charge is -2.33. The van der Waals surface area contributed by atoms with Crippen LogP contribution in [0, 0.1) is 5.82 Å². The number of benzene rings is 1. The number of rotatable bonds is 5. The number of hydrogen-bond donors (Lipinski definition) is 0. The van der Waals surface area contributed by atoms with E-state index in [1.54, 1.807) is 0 Å². The Hall–Kier alpha value is -1.72. The molecule has 1 aromatic heterocycles. The molecule has 0 aliphatic carbocycles. The van der Waals surface area contributed by atoms with Crippen LogP contribution in [0.5, 0.6) is 0 Å². The highest BCUT2D eigenvalue weighted by molar-refractivity contribution is 5.26. The average molecular weight is 303 g/mol. The van der Waals surface area contributed by atoms with Gasteiger partial charge in [0.05, 0.1) is 12.8 Å². The van der Waals surface area contributed by atoms with E-state index in [1.165, 1.54) is 23.4 Å². The van der Waals surface area contributed by atoms with Gasteiger partial charge in [0.2, 0.25) is 0 Å². The number of halogens is 1. The SMILES string of the molecule is CCOCC1CN(Cc2ccc(F)cc2)Cc2cnn(C)c21. The van der Waals surface area contributed by atoms with Gasteiger partial charge in [-0.25, -0.2) is 4.39 Å². The summed E-state index contributed by atoms with van der Waals surface area (Å²) in [6, 6.07) is 6.75. The first kappa shape index (κ1) is 15.2. The summed E-state index contributed by atoms with van der Waals surface area (Å²) in [5.74, 6) is 0.141. The van der Waals surface area contributed by atoms with Crippen LogP contribution in [0.4, 0.5) is 4.39 Å². The van der Waals surface area contributed by atoms with Crippen molar-refractivity contribution >= 4 is 0 Å². The van der Waals surface area contributed by atoms with E-state index in [0.717, 1.165) is 31.8 Å². The predicted octanol–water partition coefficient (Wildman–Crippen LogP) is 2.70. The average Bonchev–Trinajstić information content (AvgIpc) is 2.89. The molecule has 0 bridgehead atoms. The van der Waals surface area contributed by atoms with Gasteiger partial charge in [0.15, 0.2) is 0 Å². The number of aryl methyl sites for hydroxylation is 1. The second-order valence-corrected chi connectivity index (χ2v) is 5.83. The molecule has 1 unspecified atom stereocenters. The van der Waals surface area contributed by atoms with Crippen LogP contribution in [-0.4, -0.2) is 34.4 Å². The molecule has 0 spiro atoms. The van der Waals surface area contributed by atoms with Crippen LogP contribution in [0.1, 0.15) is 29.7 Å². The molecule has 118 valence electrons. The molecular weight excluding hydrogens is 281 g/mol. The molecule has 0 N–H and O–H groups in total. The maximum atomic E-state index is 13.0. The van der Waals surface area contributed by atoms with Gasteiger partial charge >= 0.3 is 0 Å². The summed E-state index contributed by atoms with van der Waals surface area (Å²) in [5.41, 5.74) is 3.67. The molecule has 1 aliphatic heterocycles. The molecule has 0 saturated heterocycles. The lowest BCUT2D eigenvalue weighted by atomic mass is 9.96. The molecule has 0 radical (unpaired) electrons. The summed E-state index contributed by atoms with van der Waals surface area (Å²) >= 11 is 0. The monoisotopic (exact) mass is 303 g/mol. The zero-order chi connectivity index (χ0) is 15.5. The first-order chi connectivity index (χ1) is 10.7. The molecule has 0 saturated carbocycles. The van der Waals surface area contributed by atoms with E-state index in [-0.39, 0.29) is 5.82 Å². The zero-order valence-corrected chi connectivity index (χ0v) is 13.1. The number of ether oxygens (including phenoxy) is 1. The van der Waals surface area contributed by atoms with Crippen molar-refractivity contribution in [3.8, 4) is 0 Å². The Morgan fingerprint density at radius 1 is 1.32 bits per heavy atom. The van der Waals surface area contributed by atoms with Crippen molar-refractivity contribution in [1.82, 2.24) is 14.7 Å². The summed E-state index contributed by atoms with van der Waals surface area (Å²) < 4.78 is 20.6. The smallest absolute Gasteiger partial charge is 0.123 e. The van der Waals surface area contributed by atoms with Crippen LogP contribution in [0.15, 0.2) is 30.5 Å². The fourth-order valence-electron chi connectivity index (χ4n) is 3.20. The minimum absolute atomic E-state index is 0.189. The molecule has 0 fully saturated rings. The number of aromatic nitrogens is 2. The van der Waals surface area contributed by atoms with Crippen LogP contribution >= 0.6 is 0 Å². The van der Waals surface area contributed by atoms with Crippen molar-refractivity contribution < 1.29 is 9.13 Å². The molecule has 5 heteroatoms. The van der Waals surface area contributed by atoms with Gasteiger partial charge in [-0.3, -0.25) is 9.58 Å². The number of nitrogens with zero attached hydrogens (tertiary/aromatic N) is 3. The summed E-state index contributed by atoms with van der Waals surface area (Å²) in [6.45, 7) is 6.08. The Bertz CT molecular complexity index is 623. The van der Waals surface area contributed by atoms with Gasteiger partial charge in [0.1, 0.15) is 5.82 Å². The lowest BCUT2D eigenvalue weighted by molar-refractivity contribution is 0.102. The second-order valence-electron chi connectivity index (χ2n) is 5.83. The van der Waals surface area contributed by atoms with E-state index < -0.39 is 0 Å². The fraction of sp³-hybridized carbons (Fsp3) is 0.471. The van der Waals surface area contributed by atoms with Gasteiger partial charge in [-0.1, -0.05) is 12.1 Å². The summed E-state index contributed by atoms with van der Waals surface area (Å²) in [6.07, 6.45) is 1.95. The summed E-state index contributed by atoms with van der Waals surface area (Å²) in [7, 11) is 1.99. The van der Waals surface area contributed by atoms with Crippen LogP contribution < -0.4 is 0 Å². The van der Waals surface area contributed by atoms with Gasteiger partial charge in [0.25, 0.3) is 0 Å². The number of fused-ring (bicyclic) bond motifs is 1. The highest BCUT2D eigenvalue weighted by Crippen LogP contribution is 2.29. The Labute approximate surface area is 130 Å². The molecule has 22 heavy (non-hydrogen) atoms. The van der Waals surface area contributed by atoms with Gasteiger partial charge in [0, 0.05) is 50.5 Å². The summed E-state index contributed by atoms with van der Waals surface area (Å²) in [4.78, 5) is 2.38. The van der Waals surface area contributed by atoms with Crippen molar-refractivity contribution in [3.63, 3.8) is 0 Å². The van der Waals surface area contributed by atoms with Crippen molar-refractivity contribution in [3.05, 3.63) is 53.1 Å². The quantitative estimate of drug-likeness (QED) is 0.851. The minimum atomic E-state index is -0.189. The Kier molecular flexibility index (Phi) is 4.55. The van der Waals surface area contributed by atoms with Gasteiger partial charge in [-0.15, -0.1) is 0 Å². The molecule has 1 atom stereocenters. The van der Waals surface area contributed by atoms with Gasteiger partial charge in [-0.05, 0) is 24.6 Å². The summed E-state index contributed by atoms with van der Waals surface area (Å²) in [5, 5.41) is 4.39. The topological polar surface area (TPSA) is 30.3 Å². The highest BCUT2D eigenvalue weighted by Gasteiger charge is 2.28. The third-order valence-corrected chi connectivity index (χ3v) is 4.17.